The Hall–Kier alpha value is -2.69. The van der Waals surface area contributed by atoms with Crippen LogP contribution in [0.15, 0.2) is 70.6 Å². The first-order valence-corrected chi connectivity index (χ1v) is 10.4. The van der Waals surface area contributed by atoms with Crippen LogP contribution in [-0.4, -0.2) is 24.5 Å². The van der Waals surface area contributed by atoms with Crippen LogP contribution in [0.25, 0.3) is 11.3 Å². The van der Waals surface area contributed by atoms with Crippen molar-refractivity contribution in [2.24, 2.45) is 0 Å². The van der Waals surface area contributed by atoms with Crippen molar-refractivity contribution >= 4 is 21.6 Å². The molecule has 158 valence electrons. The van der Waals surface area contributed by atoms with Crippen LogP contribution in [-0.2, 0) is 22.7 Å². The molecule has 30 heavy (non-hydrogen) atoms. The zero-order valence-corrected chi connectivity index (χ0v) is 16.8. The lowest BCUT2D eigenvalue weighted by Gasteiger charge is -2.12. The third-order valence-corrected chi connectivity index (χ3v) is 6.08. The standard InChI is InChI=1S/C19H15ClF3N3O3S/c20-15-7-6-14(19(21,22)23)10-17(15)30(28,29)25-8-9-26-12-24-16(11-18(26)27)13-4-2-1-3-5-13/h1-7,10-12,25H,8-9H2. The van der Waals surface area contributed by atoms with E-state index in [-0.39, 0.29) is 18.1 Å². The van der Waals surface area contributed by atoms with Crippen LogP contribution >= 0.6 is 11.6 Å². The van der Waals surface area contributed by atoms with Crippen LogP contribution in [0.1, 0.15) is 5.56 Å². The van der Waals surface area contributed by atoms with Gasteiger partial charge in [-0.2, -0.15) is 13.2 Å². The Bertz CT molecular complexity index is 1210. The molecule has 1 N–H and O–H groups in total. The first-order valence-electron chi connectivity index (χ1n) is 8.56. The smallest absolute Gasteiger partial charge is 0.298 e. The summed E-state index contributed by atoms with van der Waals surface area (Å²) in [5.74, 6) is 0. The van der Waals surface area contributed by atoms with Crippen molar-refractivity contribution in [3.8, 4) is 11.3 Å². The summed E-state index contributed by atoms with van der Waals surface area (Å²) in [5.41, 5.74) is -0.320. The number of hydrogen-bond donors (Lipinski definition) is 1. The quantitative estimate of drug-likeness (QED) is 0.613. The van der Waals surface area contributed by atoms with Gasteiger partial charge in [0.2, 0.25) is 10.0 Å². The van der Waals surface area contributed by atoms with Gasteiger partial charge in [-0.1, -0.05) is 41.9 Å². The molecule has 0 amide bonds. The van der Waals surface area contributed by atoms with E-state index in [2.05, 4.69) is 9.71 Å². The highest BCUT2D eigenvalue weighted by Gasteiger charge is 2.32. The number of nitrogens with one attached hydrogen (secondary N) is 1. The van der Waals surface area contributed by atoms with Crippen molar-refractivity contribution in [2.45, 2.75) is 17.6 Å². The van der Waals surface area contributed by atoms with Gasteiger partial charge < -0.3 is 0 Å². The lowest BCUT2D eigenvalue weighted by Crippen LogP contribution is -2.31. The Morgan fingerprint density at radius 1 is 1.07 bits per heavy atom. The summed E-state index contributed by atoms with van der Waals surface area (Å²) in [6.07, 6.45) is -3.44. The molecule has 3 rings (SSSR count). The minimum atomic E-state index is -4.71. The molecule has 0 radical (unpaired) electrons. The van der Waals surface area contributed by atoms with E-state index in [9.17, 15) is 26.4 Å². The maximum atomic E-state index is 12.9. The van der Waals surface area contributed by atoms with Gasteiger partial charge in [0.15, 0.2) is 0 Å². The Labute approximate surface area is 175 Å². The van der Waals surface area contributed by atoms with Gasteiger partial charge in [-0.25, -0.2) is 18.1 Å². The van der Waals surface area contributed by atoms with Crippen molar-refractivity contribution in [1.82, 2.24) is 14.3 Å². The topological polar surface area (TPSA) is 81.1 Å². The monoisotopic (exact) mass is 457 g/mol. The first-order chi connectivity index (χ1) is 14.1. The van der Waals surface area contributed by atoms with Crippen molar-refractivity contribution in [3.05, 3.63) is 81.9 Å². The molecule has 0 unspecified atom stereocenters. The highest BCUT2D eigenvalue weighted by Crippen LogP contribution is 2.33. The van der Waals surface area contributed by atoms with Crippen LogP contribution in [0, 0.1) is 0 Å². The van der Waals surface area contributed by atoms with Crippen LogP contribution in [0.2, 0.25) is 5.02 Å². The summed E-state index contributed by atoms with van der Waals surface area (Å²) in [6, 6.07) is 12.4. The summed E-state index contributed by atoms with van der Waals surface area (Å²) in [5, 5.41) is -0.346. The van der Waals surface area contributed by atoms with Gasteiger partial charge in [0.1, 0.15) is 4.90 Å². The molecule has 1 aromatic heterocycles. The predicted octanol–water partition coefficient (Wildman–Crippen LogP) is 3.56. The number of alkyl halides is 3. The number of benzene rings is 2. The first kappa shape index (κ1) is 22.0. The Morgan fingerprint density at radius 3 is 2.40 bits per heavy atom. The van der Waals surface area contributed by atoms with E-state index < -0.39 is 32.2 Å². The van der Waals surface area contributed by atoms with Gasteiger partial charge in [0, 0.05) is 24.7 Å². The van der Waals surface area contributed by atoms with Crippen LogP contribution in [0.3, 0.4) is 0 Å². The second-order valence-electron chi connectivity index (χ2n) is 6.21. The summed E-state index contributed by atoms with van der Waals surface area (Å²) >= 11 is 5.78. The predicted molar refractivity (Wildman–Crippen MR) is 106 cm³/mol. The van der Waals surface area contributed by atoms with E-state index in [4.69, 9.17) is 11.6 Å². The maximum Gasteiger partial charge on any atom is 0.416 e. The van der Waals surface area contributed by atoms with E-state index in [1.165, 1.54) is 17.0 Å². The summed E-state index contributed by atoms with van der Waals surface area (Å²) in [7, 11) is -4.33. The summed E-state index contributed by atoms with van der Waals surface area (Å²) < 4.78 is 66.7. The minimum absolute atomic E-state index is 0.0727. The van der Waals surface area contributed by atoms with Crippen LogP contribution in [0.4, 0.5) is 13.2 Å². The Balaban J connectivity index is 1.73. The molecule has 0 aliphatic carbocycles. The zero-order valence-electron chi connectivity index (χ0n) is 15.2. The average Bonchev–Trinajstić information content (AvgIpc) is 2.69. The molecule has 6 nitrogen and oxygen atoms in total. The number of sulfonamides is 1. The second kappa shape index (κ2) is 8.58. The van der Waals surface area contributed by atoms with Crippen LogP contribution < -0.4 is 10.3 Å². The van der Waals surface area contributed by atoms with Gasteiger partial charge in [0.25, 0.3) is 5.56 Å². The van der Waals surface area contributed by atoms with Crippen molar-refractivity contribution < 1.29 is 21.6 Å². The fraction of sp³-hybridized carbons (Fsp3) is 0.158. The van der Waals surface area contributed by atoms with Crippen molar-refractivity contribution in [3.63, 3.8) is 0 Å². The maximum absolute atomic E-state index is 12.9. The number of aromatic nitrogens is 2. The highest BCUT2D eigenvalue weighted by atomic mass is 35.5. The number of rotatable bonds is 6. The van der Waals surface area contributed by atoms with E-state index >= 15 is 0 Å². The summed E-state index contributed by atoms with van der Waals surface area (Å²) in [6.45, 7) is -0.322. The fourth-order valence-electron chi connectivity index (χ4n) is 2.62. The molecule has 0 bridgehead atoms. The minimum Gasteiger partial charge on any atom is -0.298 e. The van der Waals surface area contributed by atoms with E-state index in [0.717, 1.165) is 11.6 Å². The van der Waals surface area contributed by atoms with Crippen molar-refractivity contribution in [2.75, 3.05) is 6.54 Å². The number of hydrogen-bond acceptors (Lipinski definition) is 4. The normalized spacial score (nSPS) is 12.1. The van der Waals surface area contributed by atoms with Gasteiger partial charge in [0.05, 0.1) is 22.6 Å². The molecular weight excluding hydrogens is 443 g/mol. The third kappa shape index (κ3) is 5.07. The molecule has 2 aromatic carbocycles. The average molecular weight is 458 g/mol. The molecular formula is C19H15ClF3N3O3S. The van der Waals surface area contributed by atoms with Gasteiger partial charge >= 0.3 is 6.18 Å². The van der Waals surface area contributed by atoms with Gasteiger partial charge in [-0.05, 0) is 18.2 Å². The second-order valence-corrected chi connectivity index (χ2v) is 8.36. The van der Waals surface area contributed by atoms with Gasteiger partial charge in [-0.15, -0.1) is 0 Å². The summed E-state index contributed by atoms with van der Waals surface area (Å²) in [4.78, 5) is 15.7. The van der Waals surface area contributed by atoms with E-state index in [0.29, 0.717) is 17.8 Å². The lowest BCUT2D eigenvalue weighted by molar-refractivity contribution is -0.137. The molecule has 1 heterocycles. The largest absolute Gasteiger partial charge is 0.416 e. The number of nitrogens with zero attached hydrogens (tertiary/aromatic N) is 2. The molecule has 3 aromatic rings. The Morgan fingerprint density at radius 2 is 1.77 bits per heavy atom. The van der Waals surface area contributed by atoms with E-state index in [1.54, 1.807) is 24.3 Å². The fourth-order valence-corrected chi connectivity index (χ4v) is 4.17. The molecule has 11 heteroatoms. The highest BCUT2D eigenvalue weighted by molar-refractivity contribution is 7.89. The zero-order chi connectivity index (χ0) is 21.9. The van der Waals surface area contributed by atoms with Crippen LogP contribution in [0.5, 0.6) is 0 Å². The number of halogens is 4. The van der Waals surface area contributed by atoms with Gasteiger partial charge in [-0.3, -0.25) is 9.36 Å². The van der Waals surface area contributed by atoms with E-state index in [1.807, 2.05) is 6.07 Å². The molecule has 0 atom stereocenters. The molecule has 0 aliphatic heterocycles. The molecule has 0 saturated carbocycles. The third-order valence-electron chi connectivity index (χ3n) is 4.14. The van der Waals surface area contributed by atoms with Crippen molar-refractivity contribution in [1.29, 1.82) is 0 Å². The SMILES string of the molecule is O=c1cc(-c2ccccc2)ncn1CCNS(=O)(=O)c1cc(C(F)(F)F)ccc1Cl. The Kier molecular flexibility index (Phi) is 6.30. The molecule has 0 fully saturated rings. The molecule has 0 aliphatic rings. The molecule has 0 saturated heterocycles. The lowest BCUT2D eigenvalue weighted by atomic mass is 10.1. The molecule has 0 spiro atoms.